The molecule has 2 aliphatic rings. The number of anilines is 2. The number of hydrogen-bond acceptors (Lipinski definition) is 7. The van der Waals surface area contributed by atoms with Gasteiger partial charge in [0.05, 0.1) is 25.0 Å². The van der Waals surface area contributed by atoms with Crippen molar-refractivity contribution in [3.8, 4) is 0 Å². The Morgan fingerprint density at radius 3 is 2.62 bits per heavy atom. The van der Waals surface area contributed by atoms with E-state index in [-0.39, 0.29) is 23.4 Å². The highest BCUT2D eigenvalue weighted by molar-refractivity contribution is 7.80. The van der Waals surface area contributed by atoms with Crippen molar-refractivity contribution in [2.24, 2.45) is 0 Å². The van der Waals surface area contributed by atoms with Crippen molar-refractivity contribution in [1.29, 1.82) is 0 Å². The lowest BCUT2D eigenvalue weighted by Crippen LogP contribution is -2.49. The van der Waals surface area contributed by atoms with E-state index in [0.29, 0.717) is 48.2 Å². The molecular formula is C25H24ClFN4O5S. The van der Waals surface area contributed by atoms with Gasteiger partial charge in [-0.3, -0.25) is 14.6 Å². The summed E-state index contributed by atoms with van der Waals surface area (Å²) in [6.45, 7) is 1.88. The fourth-order valence-corrected chi connectivity index (χ4v) is 4.77. The summed E-state index contributed by atoms with van der Waals surface area (Å²) in [7, 11) is 3.09. The number of likely N-dealkylation sites (N-methyl/N-ethyl adjacent to an activating group) is 1. The number of hydrogen-bond donors (Lipinski definition) is 0. The van der Waals surface area contributed by atoms with Crippen LogP contribution in [0.4, 0.5) is 20.6 Å². The Hall–Kier alpha value is -3.57. The van der Waals surface area contributed by atoms with Gasteiger partial charge in [0.15, 0.2) is 12.0 Å². The van der Waals surface area contributed by atoms with Crippen molar-refractivity contribution in [2.75, 3.05) is 56.7 Å². The second-order valence-corrected chi connectivity index (χ2v) is 9.52. The summed E-state index contributed by atoms with van der Waals surface area (Å²) in [5, 5.41) is 1.51. The van der Waals surface area contributed by atoms with E-state index in [1.165, 1.54) is 23.0 Å². The molecule has 2 aliphatic heterocycles. The third-order valence-corrected chi connectivity index (χ3v) is 7.22. The largest absolute Gasteiger partial charge is 0.474 e. The lowest BCUT2D eigenvalue weighted by molar-refractivity contribution is 0.0677. The number of furan rings is 1. The van der Waals surface area contributed by atoms with Crippen molar-refractivity contribution < 1.29 is 27.9 Å². The molecule has 2 fully saturated rings. The second kappa shape index (κ2) is 10.1. The number of benzene rings is 2. The zero-order valence-corrected chi connectivity index (χ0v) is 21.7. The molecule has 2 saturated heterocycles. The Bertz CT molecular complexity index is 1380. The third kappa shape index (κ3) is 4.88. The number of piperazine rings is 1. The van der Waals surface area contributed by atoms with Gasteiger partial charge in [0.1, 0.15) is 11.4 Å². The molecule has 3 heterocycles. The van der Waals surface area contributed by atoms with E-state index in [1.54, 1.807) is 48.3 Å². The summed E-state index contributed by atoms with van der Waals surface area (Å²) < 4.78 is 31.2. The van der Waals surface area contributed by atoms with Crippen LogP contribution >= 0.6 is 23.8 Å². The summed E-state index contributed by atoms with van der Waals surface area (Å²) in [6, 6.07) is 11.5. The van der Waals surface area contributed by atoms with Crippen LogP contribution in [-0.2, 0) is 9.47 Å². The highest BCUT2D eigenvalue weighted by Gasteiger charge is 2.36. The number of methoxy groups -OCH3 is 1. The third-order valence-electron chi connectivity index (χ3n) is 6.53. The highest BCUT2D eigenvalue weighted by atomic mass is 35.5. The second-order valence-electron chi connectivity index (χ2n) is 8.74. The van der Waals surface area contributed by atoms with E-state index in [1.807, 2.05) is 4.90 Å². The molecule has 1 atom stereocenters. The number of ether oxygens (including phenoxy) is 2. The number of nitrogens with zero attached hydrogens (tertiary/aromatic N) is 4. The molecule has 0 spiro atoms. The number of rotatable bonds is 4. The van der Waals surface area contributed by atoms with Gasteiger partial charge < -0.3 is 23.7 Å². The Morgan fingerprint density at radius 2 is 1.92 bits per heavy atom. The number of amides is 2. The van der Waals surface area contributed by atoms with Crippen LogP contribution in [0, 0.1) is 5.82 Å². The number of carbonyl (C=O) groups excluding carboxylic acids is 2. The van der Waals surface area contributed by atoms with Crippen molar-refractivity contribution in [3.63, 3.8) is 0 Å². The lowest BCUT2D eigenvalue weighted by Gasteiger charge is -2.36. The average molecular weight is 547 g/mol. The van der Waals surface area contributed by atoms with Crippen LogP contribution in [0.15, 0.2) is 46.9 Å². The quantitative estimate of drug-likeness (QED) is 0.447. The maximum Gasteiger partial charge on any atom is 0.416 e. The van der Waals surface area contributed by atoms with E-state index in [4.69, 9.17) is 37.7 Å². The van der Waals surface area contributed by atoms with Gasteiger partial charge in [0, 0.05) is 43.6 Å². The zero-order valence-electron chi connectivity index (χ0n) is 20.1. The number of halogens is 2. The Morgan fingerprint density at radius 1 is 1.16 bits per heavy atom. The van der Waals surface area contributed by atoms with E-state index >= 15 is 4.39 Å². The van der Waals surface area contributed by atoms with Crippen LogP contribution in [0.5, 0.6) is 0 Å². The molecule has 0 saturated carbocycles. The van der Waals surface area contributed by atoms with Gasteiger partial charge in [-0.25, -0.2) is 9.18 Å². The zero-order chi connectivity index (χ0) is 26.3. The SMILES string of the molecule is COC(=S)N(C)C1CN(c2ccc(N3CCN(C(=O)c4cc5cc(Cl)ccc5o4)CC3)c(F)c2)C(=O)O1. The molecule has 0 aliphatic carbocycles. The Labute approximate surface area is 222 Å². The predicted octanol–water partition coefficient (Wildman–Crippen LogP) is 4.33. The molecule has 9 nitrogen and oxygen atoms in total. The van der Waals surface area contributed by atoms with Crippen molar-refractivity contribution in [3.05, 3.63) is 59.1 Å². The summed E-state index contributed by atoms with van der Waals surface area (Å²) in [4.78, 5) is 31.8. The molecule has 2 aromatic carbocycles. The molecule has 37 heavy (non-hydrogen) atoms. The van der Waals surface area contributed by atoms with Crippen LogP contribution in [-0.4, -0.2) is 80.1 Å². The van der Waals surface area contributed by atoms with Gasteiger partial charge in [0.25, 0.3) is 11.1 Å². The number of fused-ring (bicyclic) bond motifs is 1. The van der Waals surface area contributed by atoms with Gasteiger partial charge >= 0.3 is 6.09 Å². The van der Waals surface area contributed by atoms with E-state index in [2.05, 4.69) is 0 Å². The molecule has 1 unspecified atom stereocenters. The normalized spacial score (nSPS) is 17.8. The standard InChI is InChI=1S/C25H24ClFN4O5S/c1-28(25(37)34-2)22-14-31(24(33)36-22)17-4-5-19(18(27)13-17)29-7-9-30(10-8-29)23(32)21-12-15-11-16(26)3-6-20(15)35-21/h3-6,11-13,22H,7-10,14H2,1-2H3. The van der Waals surface area contributed by atoms with E-state index in [0.717, 1.165) is 5.39 Å². The molecule has 194 valence electrons. The first-order valence-electron chi connectivity index (χ1n) is 11.6. The summed E-state index contributed by atoms with van der Waals surface area (Å²) in [5.74, 6) is -0.444. The average Bonchev–Trinajstić information content (AvgIpc) is 3.50. The molecule has 0 bridgehead atoms. The maximum atomic E-state index is 15.1. The molecule has 0 N–H and O–H groups in total. The number of thiocarbonyl (C=S) groups is 1. The molecule has 5 rings (SSSR count). The molecule has 2 amide bonds. The minimum Gasteiger partial charge on any atom is -0.474 e. The van der Waals surface area contributed by atoms with Gasteiger partial charge in [-0.2, -0.15) is 0 Å². The maximum absolute atomic E-state index is 15.1. The van der Waals surface area contributed by atoms with E-state index < -0.39 is 18.1 Å². The Kier molecular flexibility index (Phi) is 6.82. The van der Waals surface area contributed by atoms with Crippen LogP contribution in [0.3, 0.4) is 0 Å². The van der Waals surface area contributed by atoms with Crippen LogP contribution in [0.25, 0.3) is 11.0 Å². The van der Waals surface area contributed by atoms with Gasteiger partial charge in [-0.05, 0) is 54.7 Å². The van der Waals surface area contributed by atoms with Crippen LogP contribution in [0.1, 0.15) is 10.6 Å². The summed E-state index contributed by atoms with van der Waals surface area (Å²) >= 11 is 11.1. The van der Waals surface area contributed by atoms with Crippen molar-refractivity contribution in [2.45, 2.75) is 6.23 Å². The predicted molar refractivity (Wildman–Crippen MR) is 141 cm³/mol. The van der Waals surface area contributed by atoms with Crippen LogP contribution < -0.4 is 9.80 Å². The minimum absolute atomic E-state index is 0.173. The fraction of sp³-hybridized carbons (Fsp3) is 0.320. The van der Waals surface area contributed by atoms with Gasteiger partial charge in [0.2, 0.25) is 0 Å². The smallest absolute Gasteiger partial charge is 0.416 e. The Balaban J connectivity index is 1.23. The first kappa shape index (κ1) is 25.1. The molecule has 0 radical (unpaired) electrons. The van der Waals surface area contributed by atoms with Crippen molar-refractivity contribution in [1.82, 2.24) is 9.80 Å². The molecule has 3 aromatic rings. The molecule has 12 heteroatoms. The first-order chi connectivity index (χ1) is 17.7. The summed E-state index contributed by atoms with van der Waals surface area (Å²) in [6.07, 6.45) is -1.24. The fourth-order valence-electron chi connectivity index (χ4n) is 4.47. The monoisotopic (exact) mass is 546 g/mol. The highest BCUT2D eigenvalue weighted by Crippen LogP contribution is 2.30. The van der Waals surface area contributed by atoms with Crippen molar-refractivity contribution >= 4 is 63.3 Å². The minimum atomic E-state index is -0.642. The first-order valence-corrected chi connectivity index (χ1v) is 12.4. The van der Waals surface area contributed by atoms with Gasteiger partial charge in [-0.1, -0.05) is 11.6 Å². The lowest BCUT2D eigenvalue weighted by atomic mass is 10.2. The molecular weight excluding hydrogens is 523 g/mol. The topological polar surface area (TPSA) is 78.7 Å². The summed E-state index contributed by atoms with van der Waals surface area (Å²) in [5.41, 5.74) is 1.37. The van der Waals surface area contributed by atoms with Gasteiger partial charge in [-0.15, -0.1) is 0 Å². The molecule has 1 aromatic heterocycles. The van der Waals surface area contributed by atoms with E-state index in [9.17, 15) is 9.59 Å². The number of carbonyl (C=O) groups is 2. The van der Waals surface area contributed by atoms with Crippen LogP contribution in [0.2, 0.25) is 5.02 Å². The number of cyclic esters (lactones) is 1.